The Labute approximate surface area is 291 Å². The maximum Gasteiger partial charge on any atom is 0.318 e. The fraction of sp³-hybridized carbons (Fsp3) is 0.429. The van der Waals surface area contributed by atoms with Gasteiger partial charge in [0.1, 0.15) is 5.75 Å². The van der Waals surface area contributed by atoms with Crippen LogP contribution in [0.15, 0.2) is 65.7 Å². The molecule has 0 spiro atoms. The van der Waals surface area contributed by atoms with Gasteiger partial charge in [0.2, 0.25) is 5.88 Å². The number of pyridine rings is 1. The predicted molar refractivity (Wildman–Crippen MR) is 181 cm³/mol. The van der Waals surface area contributed by atoms with Crippen LogP contribution in [0, 0.1) is 11.3 Å². The molecule has 262 valence electrons. The number of ether oxygens (including phenoxy) is 3. The number of likely N-dealkylation sites (N-methyl/N-ethyl adjacent to an activating group) is 1. The van der Waals surface area contributed by atoms with E-state index in [0.717, 1.165) is 39.1 Å². The van der Waals surface area contributed by atoms with Crippen LogP contribution in [-0.2, 0) is 25.1 Å². The van der Waals surface area contributed by atoms with Crippen LogP contribution in [0.4, 0.5) is 10.5 Å². The van der Waals surface area contributed by atoms with Crippen molar-refractivity contribution in [1.82, 2.24) is 25.0 Å². The van der Waals surface area contributed by atoms with Crippen LogP contribution in [0.3, 0.4) is 0 Å². The van der Waals surface area contributed by atoms with Gasteiger partial charge in [-0.1, -0.05) is 0 Å². The lowest BCUT2D eigenvalue weighted by atomic mass is 9.83. The maximum atomic E-state index is 14.9. The van der Waals surface area contributed by atoms with E-state index >= 15 is 0 Å². The van der Waals surface area contributed by atoms with Crippen LogP contribution in [0.5, 0.6) is 11.6 Å². The fourth-order valence-corrected chi connectivity index (χ4v) is 8.81. The van der Waals surface area contributed by atoms with Gasteiger partial charge in [-0.25, -0.2) is 18.2 Å². The second-order valence-corrected chi connectivity index (χ2v) is 14.8. The third kappa shape index (κ3) is 5.52. The average Bonchev–Trinajstić information content (AvgIpc) is 3.34. The number of carbonyl (C=O) groups is 2. The van der Waals surface area contributed by atoms with Crippen LogP contribution in [0.25, 0.3) is 0 Å². The van der Waals surface area contributed by atoms with Crippen molar-refractivity contribution < 1.29 is 32.2 Å². The van der Waals surface area contributed by atoms with E-state index in [0.29, 0.717) is 35.2 Å². The number of amides is 3. The van der Waals surface area contributed by atoms with Gasteiger partial charge in [0.25, 0.3) is 15.9 Å². The largest absolute Gasteiger partial charge is 0.497 e. The van der Waals surface area contributed by atoms with E-state index in [-0.39, 0.29) is 39.2 Å². The van der Waals surface area contributed by atoms with E-state index < -0.39 is 27.5 Å². The molecule has 1 atom stereocenters. The van der Waals surface area contributed by atoms with Gasteiger partial charge in [0.05, 0.1) is 61.3 Å². The van der Waals surface area contributed by atoms with Crippen molar-refractivity contribution in [2.45, 2.75) is 41.4 Å². The lowest BCUT2D eigenvalue weighted by molar-refractivity contribution is -0.121. The van der Waals surface area contributed by atoms with Gasteiger partial charge in [0.15, 0.2) is 5.54 Å². The number of fused-ring (bicyclic) bond motifs is 1. The van der Waals surface area contributed by atoms with Crippen LogP contribution in [0.1, 0.15) is 29.5 Å². The van der Waals surface area contributed by atoms with E-state index in [1.807, 2.05) is 0 Å². The highest BCUT2D eigenvalue weighted by molar-refractivity contribution is 7.93. The Bertz CT molecular complexity index is 1930. The summed E-state index contributed by atoms with van der Waals surface area (Å²) in [4.78, 5) is 39.7. The molecule has 4 aliphatic heterocycles. The minimum Gasteiger partial charge on any atom is -0.497 e. The summed E-state index contributed by atoms with van der Waals surface area (Å²) in [6.45, 7) is 4.28. The van der Waals surface area contributed by atoms with E-state index in [1.165, 1.54) is 62.9 Å². The summed E-state index contributed by atoms with van der Waals surface area (Å²) < 4.78 is 45.4. The van der Waals surface area contributed by atoms with Crippen molar-refractivity contribution in [3.8, 4) is 17.7 Å². The molecular formula is C35H39N7O7S. The molecule has 7 rings (SSSR count). The number of urea groups is 1. The van der Waals surface area contributed by atoms with Crippen molar-refractivity contribution in [3.63, 3.8) is 0 Å². The standard InChI is InChI=1S/C35H39N7O7S/c1-39(26-21-49-22-26)24-12-15-40(16-13-24)25-19-41(20-25)34(44)38-35(29-5-4-14-37-32(29)48-3)30-17-23(18-36)6-11-31(30)42(33(35)43)50(45,46)28-9-7-27(47-2)8-10-28/h4-11,14,17,24-26H,12-13,15-16,19-22H2,1-3H3,(H,38,44)/t35-/m1/s1. The number of nitrogens with one attached hydrogen (secondary N) is 1. The Morgan fingerprint density at radius 1 is 1.04 bits per heavy atom. The van der Waals surface area contributed by atoms with Crippen molar-refractivity contribution in [2.75, 3.05) is 65.0 Å². The van der Waals surface area contributed by atoms with Gasteiger partial charge in [-0.15, -0.1) is 0 Å². The zero-order valence-electron chi connectivity index (χ0n) is 28.1. The number of likely N-dealkylation sites (tertiary alicyclic amines) is 2. The number of sulfonamides is 1. The molecule has 0 radical (unpaired) electrons. The molecule has 15 heteroatoms. The number of piperidine rings is 1. The highest BCUT2D eigenvalue weighted by Gasteiger charge is 2.59. The zero-order valence-corrected chi connectivity index (χ0v) is 28.9. The topological polar surface area (TPSA) is 158 Å². The van der Waals surface area contributed by atoms with Crippen molar-refractivity contribution in [1.29, 1.82) is 5.26 Å². The Balaban J connectivity index is 1.20. The number of nitriles is 1. The number of methoxy groups -OCH3 is 2. The molecule has 14 nitrogen and oxygen atoms in total. The first-order chi connectivity index (χ1) is 24.1. The highest BCUT2D eigenvalue weighted by atomic mass is 32.2. The van der Waals surface area contributed by atoms with Gasteiger partial charge in [-0.05, 0) is 74.5 Å². The molecule has 1 N–H and O–H groups in total. The minimum absolute atomic E-state index is 0.00110. The molecule has 2 aromatic carbocycles. The quantitative estimate of drug-likeness (QED) is 0.349. The summed E-state index contributed by atoms with van der Waals surface area (Å²) in [5.41, 5.74) is -1.69. The first kappa shape index (κ1) is 33.7. The summed E-state index contributed by atoms with van der Waals surface area (Å²) in [5, 5.41) is 12.8. The first-order valence-electron chi connectivity index (χ1n) is 16.5. The van der Waals surface area contributed by atoms with E-state index in [9.17, 15) is 23.3 Å². The number of nitrogens with zero attached hydrogens (tertiary/aromatic N) is 6. The molecular weight excluding hydrogens is 662 g/mol. The van der Waals surface area contributed by atoms with Gasteiger partial charge >= 0.3 is 6.03 Å². The van der Waals surface area contributed by atoms with Gasteiger partial charge in [-0.3, -0.25) is 14.6 Å². The maximum absolute atomic E-state index is 14.9. The lowest BCUT2D eigenvalue weighted by Gasteiger charge is -2.50. The molecule has 0 bridgehead atoms. The van der Waals surface area contributed by atoms with Crippen LogP contribution in [-0.4, -0.2) is 119 Å². The second-order valence-electron chi connectivity index (χ2n) is 13.0. The third-order valence-electron chi connectivity index (χ3n) is 10.5. The molecule has 5 heterocycles. The number of hydrogen-bond donors (Lipinski definition) is 1. The monoisotopic (exact) mass is 701 g/mol. The number of aromatic nitrogens is 1. The molecule has 3 amide bonds. The number of anilines is 1. The van der Waals surface area contributed by atoms with E-state index in [1.54, 1.807) is 17.0 Å². The number of benzene rings is 2. The molecule has 3 saturated heterocycles. The minimum atomic E-state index is -4.53. The summed E-state index contributed by atoms with van der Waals surface area (Å²) in [7, 11) is 0.477. The second kappa shape index (κ2) is 13.2. The lowest BCUT2D eigenvalue weighted by Crippen LogP contribution is -2.67. The molecule has 0 unspecified atom stereocenters. The Morgan fingerprint density at radius 2 is 1.76 bits per heavy atom. The SMILES string of the molecule is COc1ccc(S(=O)(=O)N2C(=O)[C@@](NC(=O)N3CC(N4CCC(N(C)C5COC5)CC4)C3)(c3cccnc3OC)c3cc(C#N)ccc32)cc1. The molecule has 50 heavy (non-hydrogen) atoms. The van der Waals surface area contributed by atoms with Gasteiger partial charge < -0.3 is 24.4 Å². The molecule has 0 saturated carbocycles. The Kier molecular flexibility index (Phi) is 8.89. The third-order valence-corrected chi connectivity index (χ3v) is 12.2. The van der Waals surface area contributed by atoms with Crippen molar-refractivity contribution in [2.24, 2.45) is 0 Å². The van der Waals surface area contributed by atoms with Crippen molar-refractivity contribution in [3.05, 3.63) is 77.5 Å². The number of rotatable bonds is 9. The van der Waals surface area contributed by atoms with Crippen LogP contribution < -0.4 is 19.1 Å². The molecule has 3 aromatic rings. The van der Waals surface area contributed by atoms with Gasteiger partial charge in [-0.2, -0.15) is 9.57 Å². The molecule has 1 aromatic heterocycles. The fourth-order valence-electron chi connectivity index (χ4n) is 7.35. The van der Waals surface area contributed by atoms with Crippen LogP contribution in [0.2, 0.25) is 0 Å². The molecule has 3 fully saturated rings. The van der Waals surface area contributed by atoms with Crippen LogP contribution >= 0.6 is 0 Å². The van der Waals surface area contributed by atoms with Crippen molar-refractivity contribution >= 4 is 27.6 Å². The number of hydrogen-bond acceptors (Lipinski definition) is 11. The highest BCUT2D eigenvalue weighted by Crippen LogP contribution is 2.49. The summed E-state index contributed by atoms with van der Waals surface area (Å²) in [6, 6.07) is 15.7. The van der Waals surface area contributed by atoms with Gasteiger partial charge in [0, 0.05) is 50.0 Å². The normalized spacial score (nSPS) is 21.7. The zero-order chi connectivity index (χ0) is 35.2. The Morgan fingerprint density at radius 3 is 2.38 bits per heavy atom. The average molecular weight is 702 g/mol. The summed E-state index contributed by atoms with van der Waals surface area (Å²) in [5.74, 6) is -0.509. The predicted octanol–water partition coefficient (Wildman–Crippen LogP) is 2.14. The van der Waals surface area contributed by atoms with E-state index in [4.69, 9.17) is 14.2 Å². The molecule has 0 aliphatic carbocycles. The molecule has 4 aliphatic rings. The first-order valence-corrected chi connectivity index (χ1v) is 17.9. The summed E-state index contributed by atoms with van der Waals surface area (Å²) >= 11 is 0. The smallest absolute Gasteiger partial charge is 0.318 e. The Hall–Kier alpha value is -4.75. The number of carbonyl (C=O) groups excluding carboxylic acids is 2. The summed E-state index contributed by atoms with van der Waals surface area (Å²) in [6.07, 6.45) is 3.53. The van der Waals surface area contributed by atoms with E-state index in [2.05, 4.69) is 33.2 Å².